The lowest BCUT2D eigenvalue weighted by Gasteiger charge is -2.08. The molecule has 1 aromatic carbocycles. The third-order valence-corrected chi connectivity index (χ3v) is 2.36. The third kappa shape index (κ3) is 3.58. The van der Waals surface area contributed by atoms with E-state index in [4.69, 9.17) is 4.74 Å². The number of hydrogen-bond donors (Lipinski definition) is 2. The van der Waals surface area contributed by atoms with Crippen LogP contribution in [-0.4, -0.2) is 35.4 Å². The number of para-hydroxylation sites is 1. The first-order chi connectivity index (χ1) is 9.70. The molecule has 0 unspecified atom stereocenters. The van der Waals surface area contributed by atoms with Crippen LogP contribution >= 0.6 is 0 Å². The second-order valence-corrected chi connectivity index (χ2v) is 3.81. The van der Waals surface area contributed by atoms with Gasteiger partial charge in [0, 0.05) is 13.7 Å². The summed E-state index contributed by atoms with van der Waals surface area (Å²) in [4.78, 5) is 4.04. The van der Waals surface area contributed by atoms with E-state index in [0.717, 1.165) is 12.1 Å². The fourth-order valence-electron chi connectivity index (χ4n) is 1.45. The zero-order chi connectivity index (χ0) is 14.4. The Hall–Kier alpha value is -2.35. The van der Waals surface area contributed by atoms with Crippen LogP contribution in [0.3, 0.4) is 0 Å². The van der Waals surface area contributed by atoms with Crippen molar-refractivity contribution in [3.63, 3.8) is 0 Å². The average Bonchev–Trinajstić information content (AvgIpc) is 2.44. The van der Waals surface area contributed by atoms with Gasteiger partial charge in [-0.25, -0.2) is 8.78 Å². The lowest BCUT2D eigenvalue weighted by atomic mass is 10.3. The summed E-state index contributed by atoms with van der Waals surface area (Å²) in [5.74, 6) is -0.997. The second kappa shape index (κ2) is 6.71. The van der Waals surface area contributed by atoms with Crippen LogP contribution < -0.4 is 10.6 Å². The molecular weight excluding hydrogens is 268 g/mol. The summed E-state index contributed by atoms with van der Waals surface area (Å²) in [7, 11) is 1.57. The van der Waals surface area contributed by atoms with Gasteiger partial charge in [-0.2, -0.15) is 10.1 Å². The second-order valence-electron chi connectivity index (χ2n) is 3.81. The highest BCUT2D eigenvalue weighted by Crippen LogP contribution is 2.21. The standard InChI is InChI=1S/C12H13F2N5O/c1-20-6-5-15-12-18-10(7-16-19-12)17-11-8(13)3-2-4-9(11)14/h2-4,7H,5-6H2,1H3,(H2,15,17,18,19). The maximum Gasteiger partial charge on any atom is 0.244 e. The Labute approximate surface area is 114 Å². The van der Waals surface area contributed by atoms with Crippen LogP contribution in [0, 0.1) is 11.6 Å². The normalized spacial score (nSPS) is 10.3. The van der Waals surface area contributed by atoms with Gasteiger partial charge < -0.3 is 15.4 Å². The number of nitrogens with zero attached hydrogens (tertiary/aromatic N) is 3. The molecule has 0 radical (unpaired) electrons. The third-order valence-electron chi connectivity index (χ3n) is 2.36. The number of rotatable bonds is 6. The van der Waals surface area contributed by atoms with Crippen molar-refractivity contribution in [1.29, 1.82) is 0 Å². The Morgan fingerprint density at radius 3 is 2.70 bits per heavy atom. The number of nitrogens with one attached hydrogen (secondary N) is 2. The van der Waals surface area contributed by atoms with Crippen LogP contribution in [-0.2, 0) is 4.74 Å². The Morgan fingerprint density at radius 1 is 1.25 bits per heavy atom. The van der Waals surface area contributed by atoms with Gasteiger partial charge in [0.1, 0.15) is 17.3 Å². The predicted molar refractivity (Wildman–Crippen MR) is 69.8 cm³/mol. The average molecular weight is 281 g/mol. The molecule has 1 aromatic heterocycles. The monoisotopic (exact) mass is 281 g/mol. The van der Waals surface area contributed by atoms with Crippen molar-refractivity contribution in [2.45, 2.75) is 0 Å². The molecule has 0 aliphatic rings. The first kappa shape index (κ1) is 14.1. The molecule has 1 heterocycles. The van der Waals surface area contributed by atoms with Gasteiger partial charge in [0.05, 0.1) is 12.8 Å². The molecule has 106 valence electrons. The molecule has 8 heteroatoms. The molecule has 0 bridgehead atoms. The number of halogens is 2. The quantitative estimate of drug-likeness (QED) is 0.789. The number of anilines is 3. The molecule has 0 atom stereocenters. The van der Waals surface area contributed by atoms with E-state index in [9.17, 15) is 8.78 Å². The van der Waals surface area contributed by atoms with Gasteiger partial charge in [-0.3, -0.25) is 0 Å². The van der Waals surface area contributed by atoms with E-state index in [-0.39, 0.29) is 17.5 Å². The van der Waals surface area contributed by atoms with Gasteiger partial charge in [0.2, 0.25) is 5.95 Å². The maximum absolute atomic E-state index is 13.5. The minimum atomic E-state index is -0.711. The number of aromatic nitrogens is 3. The summed E-state index contributed by atoms with van der Waals surface area (Å²) in [6.07, 6.45) is 1.27. The highest BCUT2D eigenvalue weighted by atomic mass is 19.1. The summed E-state index contributed by atoms with van der Waals surface area (Å²) in [6.45, 7) is 0.971. The summed E-state index contributed by atoms with van der Waals surface area (Å²) < 4.78 is 31.8. The molecule has 0 fully saturated rings. The topological polar surface area (TPSA) is 72.0 Å². The minimum Gasteiger partial charge on any atom is -0.383 e. The van der Waals surface area contributed by atoms with E-state index < -0.39 is 11.6 Å². The van der Waals surface area contributed by atoms with Gasteiger partial charge >= 0.3 is 0 Å². The zero-order valence-corrected chi connectivity index (χ0v) is 10.7. The number of benzene rings is 1. The van der Waals surface area contributed by atoms with Crippen LogP contribution in [0.25, 0.3) is 0 Å². The Balaban J connectivity index is 2.11. The molecular formula is C12H13F2N5O. The van der Waals surface area contributed by atoms with Crippen molar-refractivity contribution < 1.29 is 13.5 Å². The molecule has 6 nitrogen and oxygen atoms in total. The van der Waals surface area contributed by atoms with E-state index >= 15 is 0 Å². The molecule has 0 spiro atoms. The summed E-state index contributed by atoms with van der Waals surface area (Å²) in [5.41, 5.74) is -0.282. The highest BCUT2D eigenvalue weighted by molar-refractivity contribution is 5.57. The van der Waals surface area contributed by atoms with Crippen molar-refractivity contribution in [2.75, 3.05) is 30.9 Å². The lowest BCUT2D eigenvalue weighted by molar-refractivity contribution is 0.210. The van der Waals surface area contributed by atoms with E-state index in [0.29, 0.717) is 13.2 Å². The van der Waals surface area contributed by atoms with Crippen molar-refractivity contribution in [2.24, 2.45) is 0 Å². The number of methoxy groups -OCH3 is 1. The Bertz CT molecular complexity index is 561. The predicted octanol–water partition coefficient (Wildman–Crippen LogP) is 1.95. The molecule has 0 amide bonds. The molecule has 0 aliphatic heterocycles. The molecule has 2 rings (SSSR count). The van der Waals surface area contributed by atoms with Crippen LogP contribution in [0.15, 0.2) is 24.4 Å². The van der Waals surface area contributed by atoms with Gasteiger partial charge in [-0.1, -0.05) is 6.07 Å². The van der Waals surface area contributed by atoms with Gasteiger partial charge in [-0.15, -0.1) is 5.10 Å². The van der Waals surface area contributed by atoms with Crippen LogP contribution in [0.2, 0.25) is 0 Å². The van der Waals surface area contributed by atoms with Crippen molar-refractivity contribution in [1.82, 2.24) is 15.2 Å². The van der Waals surface area contributed by atoms with E-state index in [1.165, 1.54) is 12.3 Å². The van der Waals surface area contributed by atoms with Gasteiger partial charge in [0.25, 0.3) is 0 Å². The van der Waals surface area contributed by atoms with Crippen LogP contribution in [0.1, 0.15) is 0 Å². The molecule has 20 heavy (non-hydrogen) atoms. The zero-order valence-electron chi connectivity index (χ0n) is 10.7. The highest BCUT2D eigenvalue weighted by Gasteiger charge is 2.09. The Kier molecular flexibility index (Phi) is 4.72. The van der Waals surface area contributed by atoms with Crippen LogP contribution in [0.5, 0.6) is 0 Å². The van der Waals surface area contributed by atoms with Crippen molar-refractivity contribution >= 4 is 17.5 Å². The molecule has 0 aliphatic carbocycles. The largest absolute Gasteiger partial charge is 0.383 e. The number of ether oxygens (including phenoxy) is 1. The molecule has 2 aromatic rings. The summed E-state index contributed by atoms with van der Waals surface area (Å²) >= 11 is 0. The van der Waals surface area contributed by atoms with Crippen LogP contribution in [0.4, 0.5) is 26.2 Å². The lowest BCUT2D eigenvalue weighted by Crippen LogP contribution is -2.11. The number of hydrogen-bond acceptors (Lipinski definition) is 6. The van der Waals surface area contributed by atoms with Gasteiger partial charge in [0.15, 0.2) is 5.82 Å². The molecule has 0 saturated heterocycles. The minimum absolute atomic E-state index is 0.184. The Morgan fingerprint density at radius 2 is 2.00 bits per heavy atom. The fourth-order valence-corrected chi connectivity index (χ4v) is 1.45. The van der Waals surface area contributed by atoms with E-state index in [1.807, 2.05) is 0 Å². The fraction of sp³-hybridized carbons (Fsp3) is 0.250. The smallest absolute Gasteiger partial charge is 0.244 e. The molecule has 0 saturated carbocycles. The maximum atomic E-state index is 13.5. The summed E-state index contributed by atoms with van der Waals surface area (Å²) in [5, 5.41) is 12.8. The first-order valence-corrected chi connectivity index (χ1v) is 5.84. The van der Waals surface area contributed by atoms with Crippen molar-refractivity contribution in [3.8, 4) is 0 Å². The summed E-state index contributed by atoms with van der Waals surface area (Å²) in [6, 6.07) is 3.58. The van der Waals surface area contributed by atoms with E-state index in [1.54, 1.807) is 7.11 Å². The SMILES string of the molecule is COCCNc1nncc(Nc2c(F)cccc2F)n1. The van der Waals surface area contributed by atoms with Crippen molar-refractivity contribution in [3.05, 3.63) is 36.0 Å². The molecule has 2 N–H and O–H groups in total. The van der Waals surface area contributed by atoms with E-state index in [2.05, 4.69) is 25.8 Å². The first-order valence-electron chi connectivity index (χ1n) is 5.84. The van der Waals surface area contributed by atoms with Gasteiger partial charge in [-0.05, 0) is 12.1 Å².